The number of aliphatic carboxylic acids is 2. The lowest BCUT2D eigenvalue weighted by Crippen LogP contribution is -2.48. The van der Waals surface area contributed by atoms with Gasteiger partial charge in [0.15, 0.2) is 0 Å². The van der Waals surface area contributed by atoms with Gasteiger partial charge in [-0.15, -0.1) is 0 Å². The zero-order chi connectivity index (χ0) is 17.7. The van der Waals surface area contributed by atoms with Crippen molar-refractivity contribution in [1.82, 2.24) is 5.32 Å². The van der Waals surface area contributed by atoms with Gasteiger partial charge in [0.1, 0.15) is 12.1 Å². The molecule has 0 aromatic heterocycles. The normalized spacial score (nSPS) is 13.8. The van der Waals surface area contributed by atoms with Crippen LogP contribution in [0.2, 0.25) is 0 Å². The van der Waals surface area contributed by atoms with Gasteiger partial charge in [0.25, 0.3) is 0 Å². The summed E-state index contributed by atoms with van der Waals surface area (Å²) in [7, 11) is 0. The van der Waals surface area contributed by atoms with Crippen LogP contribution in [0, 0.1) is 5.92 Å². The molecule has 5 heteroatoms. The molecule has 0 aliphatic heterocycles. The Morgan fingerprint density at radius 3 is 2.21 bits per heavy atom. The molecule has 0 bridgehead atoms. The lowest BCUT2D eigenvalue weighted by molar-refractivity contribution is -0.142. The lowest BCUT2D eigenvalue weighted by Gasteiger charge is -2.22. The van der Waals surface area contributed by atoms with Gasteiger partial charge in [0.05, 0.1) is 0 Å². The molecule has 0 spiro atoms. The molecule has 1 unspecified atom stereocenters. The molecule has 2 atom stereocenters. The fourth-order valence-electron chi connectivity index (χ4n) is 2.86. The zero-order valence-electron chi connectivity index (χ0n) is 13.9. The maximum Gasteiger partial charge on any atom is 0.321 e. The van der Waals surface area contributed by atoms with E-state index in [0.717, 1.165) is 16.3 Å². The van der Waals surface area contributed by atoms with Crippen LogP contribution < -0.4 is 5.32 Å². The molecule has 2 aromatic carbocycles. The first kappa shape index (κ1) is 17.9. The summed E-state index contributed by atoms with van der Waals surface area (Å²) >= 11 is 0. The van der Waals surface area contributed by atoms with Crippen LogP contribution in [-0.4, -0.2) is 34.2 Å². The molecule has 5 nitrogen and oxygen atoms in total. The third-order valence-corrected chi connectivity index (χ3v) is 4.01. The molecular formula is C19H23NO4. The summed E-state index contributed by atoms with van der Waals surface area (Å²) in [5.41, 5.74) is 0.890. The molecule has 0 fully saturated rings. The number of fused-ring (bicyclic) bond motifs is 1. The van der Waals surface area contributed by atoms with Gasteiger partial charge in [-0.05, 0) is 35.1 Å². The Balaban J connectivity index is 2.24. The van der Waals surface area contributed by atoms with Crippen molar-refractivity contribution in [2.45, 2.75) is 38.8 Å². The van der Waals surface area contributed by atoms with Crippen molar-refractivity contribution >= 4 is 22.7 Å². The third kappa shape index (κ3) is 4.55. The highest BCUT2D eigenvalue weighted by molar-refractivity contribution is 5.86. The van der Waals surface area contributed by atoms with Crippen molar-refractivity contribution in [2.75, 3.05) is 0 Å². The average molecular weight is 329 g/mol. The van der Waals surface area contributed by atoms with E-state index in [4.69, 9.17) is 0 Å². The number of rotatable bonds is 8. The summed E-state index contributed by atoms with van der Waals surface area (Å²) in [6, 6.07) is 11.7. The van der Waals surface area contributed by atoms with Crippen molar-refractivity contribution in [1.29, 1.82) is 0 Å². The second-order valence-electron chi connectivity index (χ2n) is 6.42. The van der Waals surface area contributed by atoms with Gasteiger partial charge in [0, 0.05) is 0 Å². The molecule has 2 aromatic rings. The number of carboxylic acids is 2. The van der Waals surface area contributed by atoms with Gasteiger partial charge in [-0.1, -0.05) is 56.3 Å². The smallest absolute Gasteiger partial charge is 0.321 e. The van der Waals surface area contributed by atoms with Crippen LogP contribution in [0.3, 0.4) is 0 Å². The lowest BCUT2D eigenvalue weighted by atomic mass is 9.97. The molecule has 0 saturated carbocycles. The summed E-state index contributed by atoms with van der Waals surface area (Å²) in [6.45, 7) is 3.83. The van der Waals surface area contributed by atoms with Gasteiger partial charge >= 0.3 is 11.9 Å². The van der Waals surface area contributed by atoms with Crippen molar-refractivity contribution in [3.8, 4) is 0 Å². The van der Waals surface area contributed by atoms with Gasteiger partial charge in [-0.25, -0.2) is 0 Å². The van der Waals surface area contributed by atoms with Crippen LogP contribution in [0.15, 0.2) is 42.5 Å². The fraction of sp³-hybridized carbons (Fsp3) is 0.368. The topological polar surface area (TPSA) is 86.6 Å². The van der Waals surface area contributed by atoms with Crippen LogP contribution in [0.25, 0.3) is 10.8 Å². The van der Waals surface area contributed by atoms with Crippen LogP contribution in [0.1, 0.15) is 25.8 Å². The number of hydrogen-bond donors (Lipinski definition) is 3. The number of carbonyl (C=O) groups is 2. The second-order valence-corrected chi connectivity index (χ2v) is 6.42. The van der Waals surface area contributed by atoms with Crippen molar-refractivity contribution in [2.24, 2.45) is 5.92 Å². The van der Waals surface area contributed by atoms with E-state index in [1.54, 1.807) is 0 Å². The zero-order valence-corrected chi connectivity index (χ0v) is 13.9. The molecule has 2 rings (SSSR count). The first-order chi connectivity index (χ1) is 11.4. The molecule has 128 valence electrons. The van der Waals surface area contributed by atoms with Crippen molar-refractivity contribution in [3.05, 3.63) is 48.0 Å². The van der Waals surface area contributed by atoms with E-state index in [9.17, 15) is 19.8 Å². The highest BCUT2D eigenvalue weighted by atomic mass is 16.4. The SMILES string of the molecule is CC(C)CC(N[C@@H](Cc1cccc2ccccc12)C(=O)O)C(=O)O. The molecule has 0 amide bonds. The number of nitrogens with one attached hydrogen (secondary N) is 1. The Morgan fingerprint density at radius 2 is 1.58 bits per heavy atom. The predicted octanol–water partition coefficient (Wildman–Crippen LogP) is 2.92. The summed E-state index contributed by atoms with van der Waals surface area (Å²) in [6.07, 6.45) is 0.618. The summed E-state index contributed by atoms with van der Waals surface area (Å²) in [5, 5.41) is 23.7. The molecule has 0 saturated heterocycles. The molecule has 3 N–H and O–H groups in total. The Morgan fingerprint density at radius 1 is 0.958 bits per heavy atom. The molecule has 0 aliphatic carbocycles. The Bertz CT molecular complexity index is 721. The molecular weight excluding hydrogens is 306 g/mol. The quantitative estimate of drug-likeness (QED) is 0.693. The average Bonchev–Trinajstić information content (AvgIpc) is 2.53. The Kier molecular flexibility index (Phi) is 5.93. The largest absolute Gasteiger partial charge is 0.480 e. The highest BCUT2D eigenvalue weighted by Crippen LogP contribution is 2.20. The molecule has 0 aliphatic rings. The summed E-state index contributed by atoms with van der Waals surface area (Å²) in [4.78, 5) is 23.0. The predicted molar refractivity (Wildman–Crippen MR) is 93.1 cm³/mol. The van der Waals surface area contributed by atoms with E-state index in [-0.39, 0.29) is 12.3 Å². The highest BCUT2D eigenvalue weighted by Gasteiger charge is 2.27. The molecule has 0 heterocycles. The van der Waals surface area contributed by atoms with E-state index >= 15 is 0 Å². The molecule has 0 radical (unpaired) electrons. The first-order valence-electron chi connectivity index (χ1n) is 8.06. The molecule has 24 heavy (non-hydrogen) atoms. The minimum Gasteiger partial charge on any atom is -0.480 e. The second kappa shape index (κ2) is 7.93. The van der Waals surface area contributed by atoms with E-state index in [0.29, 0.717) is 6.42 Å². The third-order valence-electron chi connectivity index (χ3n) is 4.01. The minimum atomic E-state index is -1.04. The maximum atomic E-state index is 11.6. The van der Waals surface area contributed by atoms with Crippen LogP contribution in [-0.2, 0) is 16.0 Å². The van der Waals surface area contributed by atoms with Crippen molar-refractivity contribution < 1.29 is 19.8 Å². The van der Waals surface area contributed by atoms with E-state index in [1.807, 2.05) is 56.3 Å². The van der Waals surface area contributed by atoms with Crippen molar-refractivity contribution in [3.63, 3.8) is 0 Å². The van der Waals surface area contributed by atoms with Crippen LogP contribution >= 0.6 is 0 Å². The van der Waals surface area contributed by atoms with Gasteiger partial charge in [-0.3, -0.25) is 14.9 Å². The van der Waals surface area contributed by atoms with Crippen LogP contribution in [0.4, 0.5) is 0 Å². The Labute approximate surface area is 141 Å². The number of hydrogen-bond acceptors (Lipinski definition) is 3. The Hall–Kier alpha value is -2.40. The fourth-order valence-corrected chi connectivity index (χ4v) is 2.86. The van der Waals surface area contributed by atoms with E-state index in [2.05, 4.69) is 5.32 Å². The van der Waals surface area contributed by atoms with Gasteiger partial charge in [-0.2, -0.15) is 0 Å². The number of benzene rings is 2. The minimum absolute atomic E-state index is 0.158. The number of carboxylic acid groups (broad SMARTS) is 2. The van der Waals surface area contributed by atoms with Gasteiger partial charge in [0.2, 0.25) is 0 Å². The maximum absolute atomic E-state index is 11.6. The van der Waals surface area contributed by atoms with E-state index in [1.165, 1.54) is 0 Å². The summed E-state index contributed by atoms with van der Waals surface area (Å²) < 4.78 is 0. The standard InChI is InChI=1S/C19H23NO4/c1-12(2)10-16(18(21)22)20-17(19(23)24)11-14-8-5-7-13-6-3-4-9-15(13)14/h3-9,12,16-17,20H,10-11H2,1-2H3,(H,21,22)(H,23,24)/t16?,17-/m0/s1. The summed E-state index contributed by atoms with van der Waals surface area (Å²) in [5.74, 6) is -1.91. The van der Waals surface area contributed by atoms with Gasteiger partial charge < -0.3 is 10.2 Å². The van der Waals surface area contributed by atoms with Crippen LogP contribution in [0.5, 0.6) is 0 Å². The van der Waals surface area contributed by atoms with E-state index < -0.39 is 24.0 Å². The monoisotopic (exact) mass is 329 g/mol. The first-order valence-corrected chi connectivity index (χ1v) is 8.06.